The van der Waals surface area contributed by atoms with E-state index in [1.54, 1.807) is 13.0 Å². The second-order valence-corrected chi connectivity index (χ2v) is 5.75. The third-order valence-corrected chi connectivity index (χ3v) is 3.77. The molecule has 106 valence electrons. The quantitative estimate of drug-likeness (QED) is 0.862. The second-order valence-electron chi connectivity index (χ2n) is 4.83. The molecule has 0 aliphatic carbocycles. The van der Waals surface area contributed by atoms with Crippen molar-refractivity contribution in [1.82, 2.24) is 5.32 Å². The van der Waals surface area contributed by atoms with Crippen LogP contribution in [0.25, 0.3) is 0 Å². The Kier molecular flexibility index (Phi) is 4.89. The molecule has 1 nitrogen and oxygen atoms in total. The van der Waals surface area contributed by atoms with Crippen molar-refractivity contribution in [3.63, 3.8) is 0 Å². The van der Waals surface area contributed by atoms with Crippen LogP contribution in [0, 0.1) is 18.6 Å². The molecule has 1 unspecified atom stereocenters. The van der Waals surface area contributed by atoms with Crippen molar-refractivity contribution < 1.29 is 8.78 Å². The van der Waals surface area contributed by atoms with E-state index in [9.17, 15) is 8.78 Å². The minimum atomic E-state index is -0.278. The Labute approximate surface area is 126 Å². The van der Waals surface area contributed by atoms with E-state index < -0.39 is 0 Å². The minimum Gasteiger partial charge on any atom is -0.313 e. The van der Waals surface area contributed by atoms with Crippen LogP contribution in [0.15, 0.2) is 40.9 Å². The maximum atomic E-state index is 13.6. The first-order valence-electron chi connectivity index (χ1n) is 6.38. The third-order valence-electron chi connectivity index (χ3n) is 3.31. The van der Waals surface area contributed by atoms with Crippen LogP contribution in [0.1, 0.15) is 22.7 Å². The molecule has 0 heterocycles. The summed E-state index contributed by atoms with van der Waals surface area (Å²) in [6.07, 6.45) is 0.593. The number of benzene rings is 2. The molecule has 0 spiro atoms. The molecule has 1 N–H and O–H groups in total. The Bertz CT molecular complexity index is 593. The fourth-order valence-corrected chi connectivity index (χ4v) is 2.69. The summed E-state index contributed by atoms with van der Waals surface area (Å²) in [6, 6.07) is 9.93. The lowest BCUT2D eigenvalue weighted by Crippen LogP contribution is -2.19. The monoisotopic (exact) mass is 339 g/mol. The average Bonchev–Trinajstić information content (AvgIpc) is 2.38. The first kappa shape index (κ1) is 15.1. The van der Waals surface area contributed by atoms with E-state index in [1.807, 2.05) is 19.2 Å². The van der Waals surface area contributed by atoms with Crippen molar-refractivity contribution >= 4 is 15.9 Å². The van der Waals surface area contributed by atoms with Crippen LogP contribution in [-0.4, -0.2) is 7.05 Å². The number of hydrogen-bond acceptors (Lipinski definition) is 1. The van der Waals surface area contributed by atoms with Gasteiger partial charge in [0.15, 0.2) is 0 Å². The molecular weight excluding hydrogens is 324 g/mol. The van der Waals surface area contributed by atoms with Gasteiger partial charge < -0.3 is 5.32 Å². The van der Waals surface area contributed by atoms with E-state index in [4.69, 9.17) is 0 Å². The fraction of sp³-hybridized carbons (Fsp3) is 0.250. The Morgan fingerprint density at radius 1 is 1.15 bits per heavy atom. The Hall–Kier alpha value is -1.26. The molecule has 4 heteroatoms. The summed E-state index contributed by atoms with van der Waals surface area (Å²) >= 11 is 3.28. The highest BCUT2D eigenvalue weighted by atomic mass is 79.9. The van der Waals surface area contributed by atoms with Crippen molar-refractivity contribution in [1.29, 1.82) is 0 Å². The van der Waals surface area contributed by atoms with Crippen molar-refractivity contribution in [2.24, 2.45) is 0 Å². The van der Waals surface area contributed by atoms with Gasteiger partial charge in [0.1, 0.15) is 11.6 Å². The molecule has 0 radical (unpaired) electrons. The number of halogens is 3. The zero-order valence-corrected chi connectivity index (χ0v) is 13.0. The molecule has 0 aromatic heterocycles. The van der Waals surface area contributed by atoms with Gasteiger partial charge in [-0.15, -0.1) is 0 Å². The Balaban J connectivity index is 2.26. The molecule has 2 rings (SSSR count). The van der Waals surface area contributed by atoms with E-state index in [0.717, 1.165) is 11.1 Å². The van der Waals surface area contributed by atoms with Crippen molar-refractivity contribution in [3.05, 3.63) is 69.2 Å². The van der Waals surface area contributed by atoms with Crippen LogP contribution < -0.4 is 5.32 Å². The van der Waals surface area contributed by atoms with Gasteiger partial charge in [0.05, 0.1) is 0 Å². The normalized spacial score (nSPS) is 12.4. The second kappa shape index (κ2) is 6.46. The molecule has 0 fully saturated rings. The number of nitrogens with one attached hydrogen (secondary N) is 1. The lowest BCUT2D eigenvalue weighted by molar-refractivity contribution is 0.570. The van der Waals surface area contributed by atoms with Crippen molar-refractivity contribution in [2.75, 3.05) is 7.05 Å². The van der Waals surface area contributed by atoms with Gasteiger partial charge >= 0.3 is 0 Å². The van der Waals surface area contributed by atoms with Crippen LogP contribution >= 0.6 is 15.9 Å². The van der Waals surface area contributed by atoms with E-state index in [2.05, 4.69) is 21.2 Å². The lowest BCUT2D eigenvalue weighted by Gasteiger charge is -2.17. The van der Waals surface area contributed by atoms with Gasteiger partial charge in [-0.05, 0) is 61.3 Å². The molecule has 20 heavy (non-hydrogen) atoms. The summed E-state index contributed by atoms with van der Waals surface area (Å²) in [6.45, 7) is 1.73. The predicted octanol–water partition coefficient (Wildman–Crippen LogP) is 4.54. The SMILES string of the molecule is CNC(Cc1cc(F)cc(Br)c1)c1ccc(C)c(F)c1. The summed E-state index contributed by atoms with van der Waals surface area (Å²) in [4.78, 5) is 0. The highest BCUT2D eigenvalue weighted by Crippen LogP contribution is 2.23. The molecular formula is C16H16BrF2N. The average molecular weight is 340 g/mol. The van der Waals surface area contributed by atoms with Gasteiger partial charge in [-0.1, -0.05) is 28.1 Å². The maximum Gasteiger partial charge on any atom is 0.126 e. The van der Waals surface area contributed by atoms with Gasteiger partial charge in [0.25, 0.3) is 0 Å². The van der Waals surface area contributed by atoms with Gasteiger partial charge in [-0.3, -0.25) is 0 Å². The number of aryl methyl sites for hydroxylation is 1. The molecule has 2 aromatic carbocycles. The van der Waals surface area contributed by atoms with Crippen LogP contribution in [0.4, 0.5) is 8.78 Å². The smallest absolute Gasteiger partial charge is 0.126 e. The van der Waals surface area contributed by atoms with Crippen molar-refractivity contribution in [2.45, 2.75) is 19.4 Å². The Morgan fingerprint density at radius 2 is 1.90 bits per heavy atom. The minimum absolute atomic E-state index is 0.0567. The Morgan fingerprint density at radius 3 is 2.50 bits per heavy atom. The molecule has 0 saturated carbocycles. The molecule has 0 saturated heterocycles. The summed E-state index contributed by atoms with van der Waals surface area (Å²) in [5.41, 5.74) is 2.34. The van der Waals surface area contributed by atoms with Crippen LogP contribution in [0.5, 0.6) is 0 Å². The number of likely N-dealkylation sites (N-methyl/N-ethyl adjacent to an activating group) is 1. The molecule has 0 amide bonds. The number of hydrogen-bond donors (Lipinski definition) is 1. The number of rotatable bonds is 4. The highest BCUT2D eigenvalue weighted by Gasteiger charge is 2.12. The van der Waals surface area contributed by atoms with Crippen LogP contribution in [0.3, 0.4) is 0 Å². The van der Waals surface area contributed by atoms with Gasteiger partial charge in [0.2, 0.25) is 0 Å². The highest BCUT2D eigenvalue weighted by molar-refractivity contribution is 9.10. The summed E-state index contributed by atoms with van der Waals surface area (Å²) in [7, 11) is 1.82. The summed E-state index contributed by atoms with van der Waals surface area (Å²) in [5.74, 6) is -0.498. The fourth-order valence-electron chi connectivity index (χ4n) is 2.18. The third kappa shape index (κ3) is 3.64. The van der Waals surface area contributed by atoms with Gasteiger partial charge in [-0.2, -0.15) is 0 Å². The predicted molar refractivity (Wildman–Crippen MR) is 80.7 cm³/mol. The molecule has 1 atom stereocenters. The van der Waals surface area contributed by atoms with Gasteiger partial charge in [-0.25, -0.2) is 8.78 Å². The van der Waals surface area contributed by atoms with E-state index >= 15 is 0 Å². The van der Waals surface area contributed by atoms with E-state index in [1.165, 1.54) is 18.2 Å². The molecule has 0 bridgehead atoms. The summed E-state index contributed by atoms with van der Waals surface area (Å²) in [5, 5.41) is 3.15. The van der Waals surface area contributed by atoms with Crippen LogP contribution in [-0.2, 0) is 6.42 Å². The first-order valence-corrected chi connectivity index (χ1v) is 7.17. The molecule has 0 aliphatic heterocycles. The standard InChI is InChI=1S/C16H16BrF2N/c1-10-3-4-12(8-15(10)19)16(20-2)7-11-5-13(17)9-14(18)6-11/h3-6,8-9,16,20H,7H2,1-2H3. The van der Waals surface area contributed by atoms with E-state index in [0.29, 0.717) is 16.5 Å². The topological polar surface area (TPSA) is 12.0 Å². The first-order chi connectivity index (χ1) is 9.49. The zero-order valence-electron chi connectivity index (χ0n) is 11.4. The largest absolute Gasteiger partial charge is 0.313 e. The summed E-state index contributed by atoms with van der Waals surface area (Å²) < 4.78 is 27.7. The van der Waals surface area contributed by atoms with E-state index in [-0.39, 0.29) is 17.7 Å². The van der Waals surface area contributed by atoms with Crippen LogP contribution in [0.2, 0.25) is 0 Å². The lowest BCUT2D eigenvalue weighted by atomic mass is 9.98. The maximum absolute atomic E-state index is 13.6. The van der Waals surface area contributed by atoms with Gasteiger partial charge in [0, 0.05) is 10.5 Å². The molecule has 0 aliphatic rings. The zero-order chi connectivity index (χ0) is 14.7. The van der Waals surface area contributed by atoms with Crippen molar-refractivity contribution in [3.8, 4) is 0 Å². The molecule has 2 aromatic rings.